The number of aromatic nitrogens is 2. The molecule has 1 aliphatic rings. The zero-order valence-corrected chi connectivity index (χ0v) is 26.1. The lowest BCUT2D eigenvalue weighted by molar-refractivity contribution is 0.0964. The standard InChI is InChI=1S/C34H29F2N5O4S/c1-5-46(43,44)40-26-17-29-22(30(33(42)37-4)32(45-29)18-9-11-19(35)12-10-18)15-21(26)24-13-14-25-31(38-24)28-16-20-23(36)7-6-8-27(20)41(28)34(2,3)39-25/h6-17,39-40H,5H2,1-4H3,(H,37,42). The highest BCUT2D eigenvalue weighted by Crippen LogP contribution is 2.45. The number of nitrogens with zero attached hydrogens (tertiary/aromatic N) is 2. The Morgan fingerprint density at radius 3 is 2.50 bits per heavy atom. The summed E-state index contributed by atoms with van der Waals surface area (Å²) in [5.41, 5.74) is 3.93. The van der Waals surface area contributed by atoms with Crippen molar-refractivity contribution in [2.24, 2.45) is 0 Å². The summed E-state index contributed by atoms with van der Waals surface area (Å²) in [5.74, 6) is -1.23. The normalized spacial score (nSPS) is 13.7. The molecule has 234 valence electrons. The van der Waals surface area contributed by atoms with Gasteiger partial charge >= 0.3 is 0 Å². The molecule has 9 nitrogen and oxygen atoms in total. The third kappa shape index (κ3) is 4.67. The number of anilines is 2. The van der Waals surface area contributed by atoms with Crippen LogP contribution in [0.15, 0.2) is 77.2 Å². The number of furan rings is 1. The Bertz CT molecular complexity index is 2330. The lowest BCUT2D eigenvalue weighted by atomic mass is 10.00. The van der Waals surface area contributed by atoms with Crippen LogP contribution in [0.25, 0.3) is 55.8 Å². The molecule has 7 rings (SSSR count). The van der Waals surface area contributed by atoms with Crippen molar-refractivity contribution in [1.82, 2.24) is 14.9 Å². The van der Waals surface area contributed by atoms with E-state index in [2.05, 4.69) is 15.4 Å². The Hall–Kier alpha value is -5.23. The molecule has 0 atom stereocenters. The number of rotatable bonds is 6. The number of benzene rings is 3. The van der Waals surface area contributed by atoms with Crippen LogP contribution in [0.4, 0.5) is 20.2 Å². The summed E-state index contributed by atoms with van der Waals surface area (Å²) in [6, 6.07) is 19.0. The number of hydrogen-bond donors (Lipinski definition) is 3. The molecule has 0 spiro atoms. The average Bonchev–Trinajstić information content (AvgIpc) is 3.61. The summed E-state index contributed by atoms with van der Waals surface area (Å²) in [4.78, 5) is 18.2. The van der Waals surface area contributed by atoms with E-state index < -0.39 is 27.4 Å². The average molecular weight is 642 g/mol. The highest BCUT2D eigenvalue weighted by molar-refractivity contribution is 7.92. The first kappa shape index (κ1) is 29.5. The molecule has 3 aromatic carbocycles. The fourth-order valence-electron chi connectivity index (χ4n) is 6.10. The first-order valence-electron chi connectivity index (χ1n) is 14.6. The minimum atomic E-state index is -3.75. The van der Waals surface area contributed by atoms with Gasteiger partial charge < -0.3 is 19.6 Å². The molecule has 0 fully saturated rings. The van der Waals surface area contributed by atoms with Crippen LogP contribution in [-0.4, -0.2) is 36.7 Å². The minimum Gasteiger partial charge on any atom is -0.455 e. The SMILES string of the molecule is CCS(=O)(=O)Nc1cc2oc(-c3ccc(F)cc3)c(C(=O)NC)c2cc1-c1ccc2c(n1)-c1cc3c(F)cccc3n1C(C)(C)N2. The summed E-state index contributed by atoms with van der Waals surface area (Å²) < 4.78 is 65.2. The number of amides is 1. The second-order valence-electron chi connectivity index (χ2n) is 11.6. The minimum absolute atomic E-state index is 0.185. The maximum Gasteiger partial charge on any atom is 0.255 e. The molecular weight excluding hydrogens is 612 g/mol. The topological polar surface area (TPSA) is 118 Å². The number of carbonyl (C=O) groups is 1. The van der Waals surface area contributed by atoms with Crippen molar-refractivity contribution in [1.29, 1.82) is 0 Å². The molecule has 4 heterocycles. The molecule has 0 saturated carbocycles. The van der Waals surface area contributed by atoms with Gasteiger partial charge in [-0.1, -0.05) is 6.07 Å². The fraction of sp³-hybridized carbons (Fsp3) is 0.176. The Morgan fingerprint density at radius 2 is 1.78 bits per heavy atom. The summed E-state index contributed by atoms with van der Waals surface area (Å²) in [6.07, 6.45) is 0. The molecule has 0 saturated heterocycles. The molecule has 0 unspecified atom stereocenters. The van der Waals surface area contributed by atoms with Gasteiger partial charge in [-0.25, -0.2) is 22.2 Å². The number of carbonyl (C=O) groups excluding carboxylic acids is 1. The lowest BCUT2D eigenvalue weighted by Gasteiger charge is -2.37. The van der Waals surface area contributed by atoms with Crippen LogP contribution in [-0.2, 0) is 15.7 Å². The maximum absolute atomic E-state index is 14.9. The van der Waals surface area contributed by atoms with E-state index in [9.17, 15) is 22.0 Å². The van der Waals surface area contributed by atoms with Gasteiger partial charge in [0.05, 0.1) is 39.6 Å². The van der Waals surface area contributed by atoms with E-state index in [0.717, 1.165) is 0 Å². The Labute approximate surface area is 263 Å². The predicted molar refractivity (Wildman–Crippen MR) is 175 cm³/mol. The zero-order valence-electron chi connectivity index (χ0n) is 25.3. The monoisotopic (exact) mass is 641 g/mol. The number of pyridine rings is 1. The van der Waals surface area contributed by atoms with E-state index >= 15 is 0 Å². The van der Waals surface area contributed by atoms with Crippen molar-refractivity contribution in [3.63, 3.8) is 0 Å². The summed E-state index contributed by atoms with van der Waals surface area (Å²) >= 11 is 0. The van der Waals surface area contributed by atoms with E-state index in [1.54, 1.807) is 24.3 Å². The Morgan fingerprint density at radius 1 is 1.02 bits per heavy atom. The summed E-state index contributed by atoms with van der Waals surface area (Å²) in [6.45, 7) is 5.49. The van der Waals surface area contributed by atoms with Crippen molar-refractivity contribution >= 4 is 49.2 Å². The number of halogens is 2. The predicted octanol–water partition coefficient (Wildman–Crippen LogP) is 7.30. The van der Waals surface area contributed by atoms with Crippen molar-refractivity contribution in [2.45, 2.75) is 26.4 Å². The molecule has 0 bridgehead atoms. The largest absolute Gasteiger partial charge is 0.455 e. The van der Waals surface area contributed by atoms with Crippen LogP contribution in [0.1, 0.15) is 31.1 Å². The number of hydrogen-bond acceptors (Lipinski definition) is 6. The fourth-order valence-corrected chi connectivity index (χ4v) is 6.74. The van der Waals surface area contributed by atoms with Crippen molar-refractivity contribution < 1.29 is 26.4 Å². The second kappa shape index (κ2) is 10.4. The first-order chi connectivity index (χ1) is 21.9. The van der Waals surface area contributed by atoms with Crippen molar-refractivity contribution in [3.8, 4) is 34.0 Å². The van der Waals surface area contributed by atoms with Crippen LogP contribution < -0.4 is 15.4 Å². The first-order valence-corrected chi connectivity index (χ1v) is 16.3. The van der Waals surface area contributed by atoms with Crippen LogP contribution in [0, 0.1) is 11.6 Å². The van der Waals surface area contributed by atoms with Gasteiger partial charge in [0.25, 0.3) is 5.91 Å². The highest BCUT2D eigenvalue weighted by atomic mass is 32.2. The van der Waals surface area contributed by atoms with Gasteiger partial charge in [-0.3, -0.25) is 9.52 Å². The Kier molecular flexibility index (Phi) is 6.67. The number of sulfonamides is 1. The molecular formula is C34H29F2N5O4S. The van der Waals surface area contributed by atoms with Gasteiger partial charge in [-0.2, -0.15) is 0 Å². The molecule has 0 radical (unpaired) electrons. The molecule has 3 aromatic heterocycles. The van der Waals surface area contributed by atoms with Crippen LogP contribution in [0.3, 0.4) is 0 Å². The van der Waals surface area contributed by atoms with E-state index in [0.29, 0.717) is 50.2 Å². The van der Waals surface area contributed by atoms with E-state index in [1.165, 1.54) is 50.4 Å². The number of nitrogens with one attached hydrogen (secondary N) is 3. The third-order valence-electron chi connectivity index (χ3n) is 8.24. The van der Waals surface area contributed by atoms with Gasteiger partial charge in [-0.05, 0) is 81.4 Å². The molecule has 6 aromatic rings. The maximum atomic E-state index is 14.9. The van der Waals surface area contributed by atoms with E-state index in [-0.39, 0.29) is 34.2 Å². The van der Waals surface area contributed by atoms with E-state index in [1.807, 2.05) is 30.5 Å². The number of fused-ring (bicyclic) bond motifs is 6. The quantitative estimate of drug-likeness (QED) is 0.176. The molecule has 1 aliphatic heterocycles. The van der Waals surface area contributed by atoms with Gasteiger partial charge in [0.15, 0.2) is 0 Å². The third-order valence-corrected chi connectivity index (χ3v) is 9.53. The second-order valence-corrected chi connectivity index (χ2v) is 13.6. The van der Waals surface area contributed by atoms with Gasteiger partial charge in [0.1, 0.15) is 34.3 Å². The molecule has 3 N–H and O–H groups in total. The molecule has 1 amide bonds. The van der Waals surface area contributed by atoms with Gasteiger partial charge in [0.2, 0.25) is 10.0 Å². The van der Waals surface area contributed by atoms with E-state index in [4.69, 9.17) is 9.40 Å². The highest BCUT2D eigenvalue weighted by Gasteiger charge is 2.33. The van der Waals surface area contributed by atoms with Crippen molar-refractivity contribution in [3.05, 3.63) is 90.0 Å². The molecule has 12 heteroatoms. The van der Waals surface area contributed by atoms with Gasteiger partial charge in [0, 0.05) is 35.0 Å². The summed E-state index contributed by atoms with van der Waals surface area (Å²) in [7, 11) is -2.27. The molecule has 46 heavy (non-hydrogen) atoms. The van der Waals surface area contributed by atoms with Crippen molar-refractivity contribution in [2.75, 3.05) is 22.8 Å². The summed E-state index contributed by atoms with van der Waals surface area (Å²) in [5, 5.41) is 6.98. The lowest BCUT2D eigenvalue weighted by Crippen LogP contribution is -2.38. The van der Waals surface area contributed by atoms with Crippen LogP contribution in [0.2, 0.25) is 0 Å². The van der Waals surface area contributed by atoms with Crippen LogP contribution >= 0.6 is 0 Å². The molecule has 0 aliphatic carbocycles. The van der Waals surface area contributed by atoms with Gasteiger partial charge in [-0.15, -0.1) is 0 Å². The Balaban J connectivity index is 1.49. The van der Waals surface area contributed by atoms with Crippen LogP contribution in [0.5, 0.6) is 0 Å². The smallest absolute Gasteiger partial charge is 0.255 e. The zero-order chi connectivity index (χ0) is 32.5.